The third-order valence-corrected chi connectivity index (χ3v) is 4.45. The standard InChI is InChI=1S/C22H23F2N3O/c23-20-14-18(15-21(24)27-20)22(28)26-19(13-17-5-2-1-3-6-17)10-12-25-11-4-7-16-8-9-16/h1-3,5-6,14-16,19,25H,8-13H2,(H,26,28)/t19-/m1/s1. The molecule has 28 heavy (non-hydrogen) atoms. The lowest BCUT2D eigenvalue weighted by atomic mass is 10.0. The number of halogens is 2. The molecule has 2 N–H and O–H groups in total. The van der Waals surface area contributed by atoms with Gasteiger partial charge in [-0.05, 0) is 37.8 Å². The molecule has 1 aliphatic carbocycles. The summed E-state index contributed by atoms with van der Waals surface area (Å²) in [5.41, 5.74) is 1.000. The van der Waals surface area contributed by atoms with Crippen LogP contribution in [0.2, 0.25) is 0 Å². The first-order valence-corrected chi connectivity index (χ1v) is 9.47. The van der Waals surface area contributed by atoms with Gasteiger partial charge >= 0.3 is 0 Å². The van der Waals surface area contributed by atoms with Crippen LogP contribution >= 0.6 is 0 Å². The van der Waals surface area contributed by atoms with Crippen molar-refractivity contribution < 1.29 is 13.6 Å². The van der Waals surface area contributed by atoms with Crippen molar-refractivity contribution in [1.82, 2.24) is 15.6 Å². The van der Waals surface area contributed by atoms with E-state index in [1.807, 2.05) is 30.3 Å². The second-order valence-electron chi connectivity index (χ2n) is 6.92. The Morgan fingerprint density at radius 2 is 1.89 bits per heavy atom. The van der Waals surface area contributed by atoms with Crippen LogP contribution in [0.1, 0.15) is 35.2 Å². The molecule has 1 aromatic carbocycles. The summed E-state index contributed by atoms with van der Waals surface area (Å²) in [6.45, 7) is 1.29. The summed E-state index contributed by atoms with van der Waals surface area (Å²) in [5, 5.41) is 6.14. The molecule has 0 unspecified atom stereocenters. The highest BCUT2D eigenvalue weighted by atomic mass is 19.1. The van der Waals surface area contributed by atoms with E-state index >= 15 is 0 Å². The van der Waals surface area contributed by atoms with Crippen molar-refractivity contribution in [2.75, 3.05) is 13.1 Å². The van der Waals surface area contributed by atoms with Gasteiger partial charge in [0.25, 0.3) is 5.91 Å². The Labute approximate surface area is 163 Å². The molecule has 0 aliphatic heterocycles. The summed E-state index contributed by atoms with van der Waals surface area (Å²) >= 11 is 0. The molecule has 4 nitrogen and oxygen atoms in total. The van der Waals surface area contributed by atoms with Crippen LogP contribution in [0.25, 0.3) is 0 Å². The minimum Gasteiger partial charge on any atom is -0.349 e. The molecule has 0 spiro atoms. The first-order chi connectivity index (χ1) is 13.6. The summed E-state index contributed by atoms with van der Waals surface area (Å²) in [5.74, 6) is 4.33. The van der Waals surface area contributed by atoms with Gasteiger partial charge in [-0.25, -0.2) is 0 Å². The summed E-state index contributed by atoms with van der Waals surface area (Å²) < 4.78 is 26.6. The third-order valence-electron chi connectivity index (χ3n) is 4.45. The van der Waals surface area contributed by atoms with Crippen LogP contribution in [0.4, 0.5) is 8.78 Å². The van der Waals surface area contributed by atoms with Gasteiger partial charge in [0, 0.05) is 29.7 Å². The molecule has 1 saturated carbocycles. The number of carbonyl (C=O) groups is 1. The van der Waals surface area contributed by atoms with E-state index in [-0.39, 0.29) is 11.6 Å². The number of hydrogen-bond donors (Lipinski definition) is 2. The largest absolute Gasteiger partial charge is 0.349 e. The average molecular weight is 383 g/mol. The smallest absolute Gasteiger partial charge is 0.251 e. The number of amides is 1. The number of nitrogens with one attached hydrogen (secondary N) is 2. The molecular formula is C22H23F2N3O. The van der Waals surface area contributed by atoms with Gasteiger partial charge in [-0.3, -0.25) is 4.79 Å². The Morgan fingerprint density at radius 3 is 2.57 bits per heavy atom. The molecule has 3 rings (SSSR count). The normalized spacial score (nSPS) is 14.1. The Kier molecular flexibility index (Phi) is 7.10. The van der Waals surface area contributed by atoms with Gasteiger partial charge in [-0.1, -0.05) is 42.2 Å². The highest BCUT2D eigenvalue weighted by Crippen LogP contribution is 2.27. The summed E-state index contributed by atoms with van der Waals surface area (Å²) in [4.78, 5) is 15.5. The lowest BCUT2D eigenvalue weighted by Gasteiger charge is -2.19. The van der Waals surface area contributed by atoms with Crippen LogP contribution in [0.15, 0.2) is 42.5 Å². The minimum atomic E-state index is -1.01. The molecule has 1 aliphatic rings. The van der Waals surface area contributed by atoms with Gasteiger partial charge in [-0.15, -0.1) is 0 Å². The third kappa shape index (κ3) is 6.75. The quantitative estimate of drug-likeness (QED) is 0.418. The highest BCUT2D eigenvalue weighted by molar-refractivity contribution is 5.94. The molecule has 6 heteroatoms. The van der Waals surface area contributed by atoms with Crippen LogP contribution in [0, 0.1) is 29.7 Å². The Morgan fingerprint density at radius 1 is 1.18 bits per heavy atom. The van der Waals surface area contributed by atoms with E-state index in [1.165, 1.54) is 12.8 Å². The number of benzene rings is 1. The predicted molar refractivity (Wildman–Crippen MR) is 104 cm³/mol. The van der Waals surface area contributed by atoms with Crippen LogP contribution in [0.3, 0.4) is 0 Å². The maximum absolute atomic E-state index is 13.3. The number of carbonyl (C=O) groups excluding carboxylic acids is 1. The van der Waals surface area contributed by atoms with E-state index < -0.39 is 17.8 Å². The van der Waals surface area contributed by atoms with Crippen LogP contribution in [-0.4, -0.2) is 30.0 Å². The second kappa shape index (κ2) is 9.95. The lowest BCUT2D eigenvalue weighted by Crippen LogP contribution is -2.38. The van der Waals surface area contributed by atoms with E-state index in [0.717, 1.165) is 17.7 Å². The van der Waals surface area contributed by atoms with Crippen molar-refractivity contribution in [2.45, 2.75) is 31.7 Å². The Hall–Kier alpha value is -2.78. The van der Waals surface area contributed by atoms with E-state index in [1.54, 1.807) is 0 Å². The fourth-order valence-corrected chi connectivity index (χ4v) is 2.84. The molecule has 0 saturated heterocycles. The monoisotopic (exact) mass is 383 g/mol. The zero-order valence-corrected chi connectivity index (χ0v) is 15.6. The van der Waals surface area contributed by atoms with Crippen LogP contribution < -0.4 is 10.6 Å². The van der Waals surface area contributed by atoms with Crippen molar-refractivity contribution in [2.24, 2.45) is 5.92 Å². The fourth-order valence-electron chi connectivity index (χ4n) is 2.84. The first-order valence-electron chi connectivity index (χ1n) is 9.47. The maximum atomic E-state index is 13.3. The zero-order chi connectivity index (χ0) is 19.8. The number of hydrogen-bond acceptors (Lipinski definition) is 3. The number of rotatable bonds is 8. The molecule has 1 heterocycles. The van der Waals surface area contributed by atoms with Crippen LogP contribution in [-0.2, 0) is 6.42 Å². The van der Waals surface area contributed by atoms with Crippen molar-refractivity contribution in [3.05, 3.63) is 65.5 Å². The van der Waals surface area contributed by atoms with Crippen molar-refractivity contribution in [1.29, 1.82) is 0 Å². The maximum Gasteiger partial charge on any atom is 0.251 e. The molecule has 0 bridgehead atoms. The lowest BCUT2D eigenvalue weighted by molar-refractivity contribution is 0.0933. The Balaban J connectivity index is 1.57. The van der Waals surface area contributed by atoms with Gasteiger partial charge in [0.2, 0.25) is 11.9 Å². The molecule has 146 valence electrons. The SMILES string of the molecule is O=C(N[C@H](CCNCC#CC1CC1)Cc1ccccc1)c1cc(F)nc(F)c1. The van der Waals surface area contributed by atoms with E-state index in [4.69, 9.17) is 0 Å². The number of aromatic nitrogens is 1. The van der Waals surface area contributed by atoms with Gasteiger partial charge in [0.1, 0.15) is 0 Å². The summed E-state index contributed by atoms with van der Waals surface area (Å²) in [7, 11) is 0. The Bertz CT molecular complexity index is 837. The first kappa shape index (κ1) is 20.0. The predicted octanol–water partition coefficient (Wildman–Crippen LogP) is 3.09. The topological polar surface area (TPSA) is 54.0 Å². The number of nitrogens with zero attached hydrogens (tertiary/aromatic N) is 1. The molecular weight excluding hydrogens is 360 g/mol. The highest BCUT2D eigenvalue weighted by Gasteiger charge is 2.18. The summed E-state index contributed by atoms with van der Waals surface area (Å²) in [6.07, 6.45) is 3.70. The zero-order valence-electron chi connectivity index (χ0n) is 15.6. The van der Waals surface area contributed by atoms with Crippen molar-refractivity contribution >= 4 is 5.91 Å². The van der Waals surface area contributed by atoms with Gasteiger partial charge < -0.3 is 10.6 Å². The second-order valence-corrected chi connectivity index (χ2v) is 6.92. The van der Waals surface area contributed by atoms with Crippen LogP contribution in [0.5, 0.6) is 0 Å². The van der Waals surface area contributed by atoms with Crippen molar-refractivity contribution in [3.63, 3.8) is 0 Å². The minimum absolute atomic E-state index is 0.0775. The average Bonchev–Trinajstić information content (AvgIpc) is 3.49. The molecule has 1 atom stereocenters. The van der Waals surface area contributed by atoms with Gasteiger partial charge in [0.05, 0.1) is 6.54 Å². The van der Waals surface area contributed by atoms with Gasteiger partial charge in [-0.2, -0.15) is 13.8 Å². The van der Waals surface area contributed by atoms with E-state index in [2.05, 4.69) is 27.5 Å². The molecule has 1 amide bonds. The van der Waals surface area contributed by atoms with E-state index in [0.29, 0.717) is 31.8 Å². The number of pyridine rings is 1. The molecule has 1 aromatic heterocycles. The molecule has 1 fully saturated rings. The summed E-state index contributed by atoms with van der Waals surface area (Å²) in [6, 6.07) is 11.5. The van der Waals surface area contributed by atoms with Crippen molar-refractivity contribution in [3.8, 4) is 11.8 Å². The molecule has 0 radical (unpaired) electrons. The molecule has 2 aromatic rings. The fraction of sp³-hybridized carbons (Fsp3) is 0.364. The van der Waals surface area contributed by atoms with Gasteiger partial charge in [0.15, 0.2) is 0 Å². The van der Waals surface area contributed by atoms with E-state index in [9.17, 15) is 13.6 Å².